The van der Waals surface area contributed by atoms with Gasteiger partial charge >= 0.3 is 0 Å². The fourth-order valence-electron chi connectivity index (χ4n) is 3.75. The number of carbonyl (C=O) groups excluding carboxylic acids is 1. The Morgan fingerprint density at radius 3 is 2.66 bits per heavy atom. The van der Waals surface area contributed by atoms with Gasteiger partial charge in [-0.25, -0.2) is 33.7 Å². The van der Waals surface area contributed by atoms with Crippen LogP contribution in [0.2, 0.25) is 5.02 Å². The Kier molecular flexibility index (Phi) is 6.29. The molecule has 4 heterocycles. The molecular weight excluding hydrogens is 460 g/mol. The van der Waals surface area contributed by atoms with E-state index in [1.807, 2.05) is 0 Å². The number of nitrogens with zero attached hydrogens (tertiary/aromatic N) is 6. The zero-order valence-corrected chi connectivity index (χ0v) is 18.9. The lowest BCUT2D eigenvalue weighted by Gasteiger charge is -2.43. The molecule has 1 saturated heterocycles. The van der Waals surface area contributed by atoms with E-state index < -0.39 is 30.3 Å². The Labute approximate surface area is 192 Å². The number of hydrogen-bond donors (Lipinski definition) is 1. The van der Waals surface area contributed by atoms with Crippen molar-refractivity contribution in [3.63, 3.8) is 0 Å². The number of amides is 1. The largest absolute Gasteiger partial charge is 0.352 e. The third-order valence-corrected chi connectivity index (χ3v) is 6.30. The van der Waals surface area contributed by atoms with Crippen LogP contribution in [0.3, 0.4) is 0 Å². The van der Waals surface area contributed by atoms with Crippen molar-refractivity contribution < 1.29 is 13.6 Å². The van der Waals surface area contributed by atoms with Crippen molar-refractivity contribution in [2.45, 2.75) is 32.2 Å². The van der Waals surface area contributed by atoms with Crippen LogP contribution in [0.1, 0.15) is 28.8 Å². The van der Waals surface area contributed by atoms with Gasteiger partial charge in [0, 0.05) is 25.4 Å². The van der Waals surface area contributed by atoms with E-state index in [0.29, 0.717) is 26.7 Å². The lowest BCUT2D eigenvalue weighted by molar-refractivity contribution is -0.0898. The molecule has 2 atom stereocenters. The molecule has 0 radical (unpaired) electrons. The van der Waals surface area contributed by atoms with Gasteiger partial charge in [0.25, 0.3) is 11.8 Å². The number of carbonyl (C=O) groups is 1. The van der Waals surface area contributed by atoms with Crippen LogP contribution in [0.15, 0.2) is 30.9 Å². The quantitative estimate of drug-likeness (QED) is 0.591. The number of aromatic nitrogens is 5. The summed E-state index contributed by atoms with van der Waals surface area (Å²) in [5.74, 6) is -3.42. The summed E-state index contributed by atoms with van der Waals surface area (Å²) in [6, 6.07) is 1.14. The minimum Gasteiger partial charge on any atom is -0.352 e. The molecule has 12 heteroatoms. The fourth-order valence-corrected chi connectivity index (χ4v) is 4.71. The zero-order chi connectivity index (χ0) is 22.9. The SMILES string of the molecule is Cc1nc(C(=O)N2CC(F)(F)C[C@@H](C)[C@H]2CNc2ncc(Cl)cn2)c(-c2ncccn2)s1. The van der Waals surface area contributed by atoms with E-state index in [1.54, 1.807) is 32.3 Å². The first-order valence-corrected chi connectivity index (χ1v) is 11.1. The van der Waals surface area contributed by atoms with Crippen LogP contribution in [0.5, 0.6) is 0 Å². The molecule has 0 spiro atoms. The van der Waals surface area contributed by atoms with Gasteiger partial charge in [0.2, 0.25) is 5.95 Å². The molecule has 168 valence electrons. The molecule has 0 aliphatic carbocycles. The molecule has 3 aromatic rings. The van der Waals surface area contributed by atoms with Gasteiger partial charge in [-0.3, -0.25) is 4.79 Å². The first-order valence-electron chi connectivity index (χ1n) is 9.88. The zero-order valence-electron chi connectivity index (χ0n) is 17.3. The standard InChI is InChI=1S/C20H20ClF2N7OS/c1-11-6-20(22,23)10-30(14(11)9-28-19-26-7-13(21)8-27-19)18(31)15-16(32-12(2)29-15)17-24-4-3-5-25-17/h3-5,7-8,11,14H,6,9-10H2,1-2H3,(H,26,27,28)/t11-,14-/m1/s1. The van der Waals surface area contributed by atoms with E-state index >= 15 is 0 Å². The third kappa shape index (κ3) is 4.83. The number of anilines is 1. The van der Waals surface area contributed by atoms with E-state index in [0.717, 1.165) is 0 Å². The van der Waals surface area contributed by atoms with Gasteiger partial charge < -0.3 is 10.2 Å². The molecule has 1 aliphatic heterocycles. The number of likely N-dealkylation sites (tertiary alicyclic amines) is 1. The average molecular weight is 480 g/mol. The van der Waals surface area contributed by atoms with Crippen LogP contribution in [-0.4, -0.2) is 60.8 Å². The Bertz CT molecular complexity index is 1100. The fraction of sp³-hybridized carbons (Fsp3) is 0.400. The van der Waals surface area contributed by atoms with Crippen LogP contribution in [0.4, 0.5) is 14.7 Å². The topological polar surface area (TPSA) is 96.8 Å². The van der Waals surface area contributed by atoms with Gasteiger partial charge in [-0.2, -0.15) is 0 Å². The molecule has 3 aromatic heterocycles. The minimum absolute atomic E-state index is 0.0799. The first kappa shape index (κ1) is 22.4. The second kappa shape index (κ2) is 8.99. The summed E-state index contributed by atoms with van der Waals surface area (Å²) in [7, 11) is 0. The molecule has 0 saturated carbocycles. The molecule has 32 heavy (non-hydrogen) atoms. The predicted octanol–water partition coefficient (Wildman–Crippen LogP) is 3.95. The van der Waals surface area contributed by atoms with Gasteiger partial charge in [0.1, 0.15) is 4.88 Å². The number of thiazole rings is 1. The van der Waals surface area contributed by atoms with Crippen molar-refractivity contribution in [2.75, 3.05) is 18.4 Å². The number of rotatable bonds is 5. The Morgan fingerprint density at radius 2 is 1.97 bits per heavy atom. The highest BCUT2D eigenvalue weighted by atomic mass is 35.5. The monoisotopic (exact) mass is 479 g/mol. The number of alkyl halides is 2. The van der Waals surface area contributed by atoms with Gasteiger partial charge in [-0.05, 0) is 18.9 Å². The predicted molar refractivity (Wildman–Crippen MR) is 117 cm³/mol. The van der Waals surface area contributed by atoms with Crippen LogP contribution < -0.4 is 5.32 Å². The molecule has 0 aromatic carbocycles. The maximum Gasteiger partial charge on any atom is 0.274 e. The van der Waals surface area contributed by atoms with E-state index in [9.17, 15) is 13.6 Å². The van der Waals surface area contributed by atoms with E-state index in [2.05, 4.69) is 30.2 Å². The van der Waals surface area contributed by atoms with Crippen molar-refractivity contribution in [2.24, 2.45) is 5.92 Å². The highest BCUT2D eigenvalue weighted by molar-refractivity contribution is 7.15. The summed E-state index contributed by atoms with van der Waals surface area (Å²) in [5, 5.41) is 4.03. The summed E-state index contributed by atoms with van der Waals surface area (Å²) in [6.45, 7) is 2.95. The molecule has 0 bridgehead atoms. The Morgan fingerprint density at radius 1 is 1.28 bits per heavy atom. The van der Waals surface area contributed by atoms with Crippen LogP contribution >= 0.6 is 22.9 Å². The van der Waals surface area contributed by atoms with Crippen LogP contribution in [0.25, 0.3) is 10.7 Å². The van der Waals surface area contributed by atoms with E-state index in [-0.39, 0.29) is 18.7 Å². The first-order chi connectivity index (χ1) is 15.2. The van der Waals surface area contributed by atoms with Crippen molar-refractivity contribution >= 4 is 34.8 Å². The Balaban J connectivity index is 1.64. The van der Waals surface area contributed by atoms with Gasteiger partial charge in [-0.1, -0.05) is 18.5 Å². The molecule has 1 amide bonds. The van der Waals surface area contributed by atoms with Crippen molar-refractivity contribution in [3.05, 3.63) is 46.6 Å². The average Bonchev–Trinajstić information content (AvgIpc) is 3.15. The third-order valence-electron chi connectivity index (χ3n) is 5.14. The highest BCUT2D eigenvalue weighted by Gasteiger charge is 2.47. The number of piperidine rings is 1. The molecule has 4 rings (SSSR count). The highest BCUT2D eigenvalue weighted by Crippen LogP contribution is 2.37. The minimum atomic E-state index is -3.00. The van der Waals surface area contributed by atoms with Crippen molar-refractivity contribution in [1.82, 2.24) is 29.8 Å². The summed E-state index contributed by atoms with van der Waals surface area (Å²) in [5.41, 5.74) is 0.0799. The number of aryl methyl sites for hydroxylation is 1. The summed E-state index contributed by atoms with van der Waals surface area (Å²) in [4.78, 5) is 36.0. The number of hydrogen-bond acceptors (Lipinski definition) is 8. The lowest BCUT2D eigenvalue weighted by atomic mass is 9.88. The van der Waals surface area contributed by atoms with Crippen molar-refractivity contribution in [3.8, 4) is 10.7 Å². The summed E-state index contributed by atoms with van der Waals surface area (Å²) < 4.78 is 29.0. The smallest absolute Gasteiger partial charge is 0.274 e. The number of halogens is 3. The molecule has 0 unspecified atom stereocenters. The number of nitrogens with one attached hydrogen (secondary N) is 1. The van der Waals surface area contributed by atoms with Gasteiger partial charge in [-0.15, -0.1) is 11.3 Å². The second-order valence-electron chi connectivity index (χ2n) is 7.63. The van der Waals surface area contributed by atoms with E-state index in [1.165, 1.54) is 28.6 Å². The Hall–Kier alpha value is -2.79. The molecule has 1 aliphatic rings. The maximum absolute atomic E-state index is 14.5. The summed E-state index contributed by atoms with van der Waals surface area (Å²) in [6.07, 6.45) is 5.66. The summed E-state index contributed by atoms with van der Waals surface area (Å²) >= 11 is 7.06. The van der Waals surface area contributed by atoms with E-state index in [4.69, 9.17) is 11.6 Å². The second-order valence-corrected chi connectivity index (χ2v) is 9.27. The maximum atomic E-state index is 14.5. The van der Waals surface area contributed by atoms with Gasteiger partial charge in [0.05, 0.1) is 35.0 Å². The van der Waals surface area contributed by atoms with Gasteiger partial charge in [0.15, 0.2) is 11.5 Å². The van der Waals surface area contributed by atoms with Crippen LogP contribution in [0, 0.1) is 12.8 Å². The molecule has 1 fully saturated rings. The molecule has 1 N–H and O–H groups in total. The molecular formula is C20H20ClF2N7OS. The normalized spacial score (nSPS) is 20.2. The molecule has 8 nitrogen and oxygen atoms in total. The lowest BCUT2D eigenvalue weighted by Crippen LogP contribution is -2.57. The van der Waals surface area contributed by atoms with Crippen molar-refractivity contribution in [1.29, 1.82) is 0 Å². The van der Waals surface area contributed by atoms with Crippen LogP contribution in [-0.2, 0) is 0 Å².